The van der Waals surface area contributed by atoms with Crippen LogP contribution in [0.4, 0.5) is 0 Å². The Hall–Kier alpha value is -2.43. The van der Waals surface area contributed by atoms with Gasteiger partial charge in [-0.05, 0) is 45.1 Å². The van der Waals surface area contributed by atoms with E-state index in [1.54, 1.807) is 0 Å². The second kappa shape index (κ2) is 8.10. The van der Waals surface area contributed by atoms with Gasteiger partial charge in [0, 0.05) is 24.8 Å². The van der Waals surface area contributed by atoms with Crippen LogP contribution in [-0.2, 0) is 4.79 Å². The fraction of sp³-hybridized carbons (Fsp3) is 0.450. The van der Waals surface area contributed by atoms with E-state index in [9.17, 15) is 9.59 Å². The van der Waals surface area contributed by atoms with E-state index in [1.807, 2.05) is 31.2 Å². The molecule has 0 unspecified atom stereocenters. The predicted molar refractivity (Wildman–Crippen MR) is 98.5 cm³/mol. The Kier molecular flexibility index (Phi) is 5.64. The van der Waals surface area contributed by atoms with Crippen molar-refractivity contribution in [2.75, 3.05) is 6.54 Å². The van der Waals surface area contributed by atoms with Gasteiger partial charge >= 0.3 is 0 Å². The Labute approximate surface area is 148 Å². The van der Waals surface area contributed by atoms with Crippen molar-refractivity contribution in [1.82, 2.24) is 15.1 Å². The van der Waals surface area contributed by atoms with Gasteiger partial charge in [-0.2, -0.15) is 9.78 Å². The van der Waals surface area contributed by atoms with E-state index in [0.29, 0.717) is 6.54 Å². The molecule has 0 aliphatic heterocycles. The van der Waals surface area contributed by atoms with Gasteiger partial charge in [0.25, 0.3) is 0 Å². The average Bonchev–Trinajstić information content (AvgIpc) is 2.98. The molecule has 1 aliphatic carbocycles. The van der Waals surface area contributed by atoms with Crippen LogP contribution in [0.5, 0.6) is 0 Å². The Balaban J connectivity index is 1.48. The lowest BCUT2D eigenvalue weighted by Gasteiger charge is -2.12. The van der Waals surface area contributed by atoms with E-state index >= 15 is 0 Å². The zero-order valence-electron chi connectivity index (χ0n) is 14.8. The van der Waals surface area contributed by atoms with Crippen molar-refractivity contribution >= 4 is 22.7 Å². The summed E-state index contributed by atoms with van der Waals surface area (Å²) < 4.78 is 1.42. The molecule has 0 saturated carbocycles. The van der Waals surface area contributed by atoms with E-state index in [-0.39, 0.29) is 24.7 Å². The van der Waals surface area contributed by atoms with Gasteiger partial charge in [0.15, 0.2) is 0 Å². The Morgan fingerprint density at radius 3 is 2.84 bits per heavy atom. The number of nitrogens with one attached hydrogen (secondary N) is 1. The van der Waals surface area contributed by atoms with Gasteiger partial charge in [-0.3, -0.25) is 9.59 Å². The van der Waals surface area contributed by atoms with Crippen LogP contribution < -0.4 is 5.32 Å². The van der Waals surface area contributed by atoms with E-state index in [1.165, 1.54) is 23.1 Å². The second-order valence-corrected chi connectivity index (χ2v) is 6.62. The molecule has 0 fully saturated rings. The van der Waals surface area contributed by atoms with Crippen LogP contribution in [0.25, 0.3) is 10.9 Å². The summed E-state index contributed by atoms with van der Waals surface area (Å²) in [6, 6.07) is 7.65. The van der Waals surface area contributed by atoms with Crippen molar-refractivity contribution < 1.29 is 9.59 Å². The molecule has 25 heavy (non-hydrogen) atoms. The van der Waals surface area contributed by atoms with Crippen LogP contribution in [0.3, 0.4) is 0 Å². The molecule has 1 aliphatic rings. The lowest BCUT2D eigenvalue weighted by molar-refractivity contribution is -0.121. The van der Waals surface area contributed by atoms with Crippen LogP contribution in [0.2, 0.25) is 0 Å². The molecule has 5 heteroatoms. The quantitative estimate of drug-likeness (QED) is 0.815. The molecule has 0 atom stereocenters. The molecule has 1 N–H and O–H groups in total. The molecule has 1 heterocycles. The van der Waals surface area contributed by atoms with E-state index < -0.39 is 0 Å². The van der Waals surface area contributed by atoms with Crippen molar-refractivity contribution in [1.29, 1.82) is 0 Å². The standard InChI is InChI=1S/C20H25N3O2/c1-15-17-9-5-6-10-18(17)23(22-15)20(25)12-11-19(24)21-14-13-16-7-3-2-4-8-16/h5-7,9-10H,2-4,8,11-14H2,1H3,(H,21,24). The smallest absolute Gasteiger partial charge is 0.247 e. The lowest BCUT2D eigenvalue weighted by Crippen LogP contribution is -2.26. The summed E-state index contributed by atoms with van der Waals surface area (Å²) in [5, 5.41) is 8.21. The number of amides is 1. The molecule has 0 radical (unpaired) electrons. The number of carbonyl (C=O) groups excluding carboxylic acids is 2. The minimum atomic E-state index is -0.144. The number of aryl methyl sites for hydroxylation is 1. The highest BCUT2D eigenvalue weighted by Crippen LogP contribution is 2.19. The summed E-state index contributed by atoms with van der Waals surface area (Å²) in [6.07, 6.45) is 8.43. The molecule has 0 spiro atoms. The Bertz CT molecular complexity index is 804. The molecule has 3 rings (SSSR count). The fourth-order valence-electron chi connectivity index (χ4n) is 3.32. The maximum atomic E-state index is 12.4. The van der Waals surface area contributed by atoms with Gasteiger partial charge in [0.05, 0.1) is 11.2 Å². The molecule has 1 amide bonds. The third kappa shape index (κ3) is 4.35. The van der Waals surface area contributed by atoms with Gasteiger partial charge in [0.1, 0.15) is 0 Å². The monoisotopic (exact) mass is 339 g/mol. The third-order valence-electron chi connectivity index (χ3n) is 4.73. The Morgan fingerprint density at radius 2 is 2.04 bits per heavy atom. The normalized spacial score (nSPS) is 14.4. The molecular formula is C20H25N3O2. The van der Waals surface area contributed by atoms with Gasteiger partial charge in [-0.15, -0.1) is 0 Å². The van der Waals surface area contributed by atoms with Crippen molar-refractivity contribution in [2.45, 2.75) is 51.9 Å². The van der Waals surface area contributed by atoms with E-state index in [4.69, 9.17) is 0 Å². The molecule has 132 valence electrons. The summed E-state index contributed by atoms with van der Waals surface area (Å²) in [7, 11) is 0. The first-order chi connectivity index (χ1) is 12.1. The third-order valence-corrected chi connectivity index (χ3v) is 4.73. The number of rotatable bonds is 6. The highest BCUT2D eigenvalue weighted by molar-refractivity contribution is 5.93. The lowest BCUT2D eigenvalue weighted by atomic mass is 9.97. The molecule has 0 bridgehead atoms. The largest absolute Gasteiger partial charge is 0.356 e. The molecule has 5 nitrogen and oxygen atoms in total. The number of fused-ring (bicyclic) bond motifs is 1. The highest BCUT2D eigenvalue weighted by Gasteiger charge is 2.14. The zero-order chi connectivity index (χ0) is 17.6. The van der Waals surface area contributed by atoms with Crippen molar-refractivity contribution in [3.63, 3.8) is 0 Å². The van der Waals surface area contributed by atoms with Crippen LogP contribution in [0.1, 0.15) is 55.4 Å². The maximum Gasteiger partial charge on any atom is 0.247 e. The van der Waals surface area contributed by atoms with Gasteiger partial charge in [-0.1, -0.05) is 29.8 Å². The van der Waals surface area contributed by atoms with E-state index in [2.05, 4.69) is 16.5 Å². The molecule has 2 aromatic rings. The number of aromatic nitrogens is 2. The Morgan fingerprint density at radius 1 is 1.20 bits per heavy atom. The number of para-hydroxylation sites is 1. The van der Waals surface area contributed by atoms with E-state index in [0.717, 1.165) is 35.9 Å². The van der Waals surface area contributed by atoms with Crippen LogP contribution in [0.15, 0.2) is 35.9 Å². The number of carbonyl (C=O) groups is 2. The summed E-state index contributed by atoms with van der Waals surface area (Å²) >= 11 is 0. The van der Waals surface area contributed by atoms with Crippen molar-refractivity contribution in [2.24, 2.45) is 0 Å². The number of allylic oxidation sites excluding steroid dienone is 1. The SMILES string of the molecule is Cc1nn(C(=O)CCC(=O)NCCC2=CCCCC2)c2ccccc12. The summed E-state index contributed by atoms with van der Waals surface area (Å²) in [5.41, 5.74) is 3.07. The molecule has 0 saturated heterocycles. The average molecular weight is 339 g/mol. The van der Waals surface area contributed by atoms with Crippen molar-refractivity contribution in [3.05, 3.63) is 41.6 Å². The van der Waals surface area contributed by atoms with Gasteiger partial charge < -0.3 is 5.32 Å². The summed E-state index contributed by atoms with van der Waals surface area (Å²) in [4.78, 5) is 24.4. The zero-order valence-corrected chi connectivity index (χ0v) is 14.8. The number of nitrogens with zero attached hydrogens (tertiary/aromatic N) is 2. The van der Waals surface area contributed by atoms with Gasteiger partial charge in [-0.25, -0.2) is 0 Å². The molecule has 1 aromatic carbocycles. The summed E-state index contributed by atoms with van der Waals surface area (Å²) in [6.45, 7) is 2.54. The topological polar surface area (TPSA) is 64.0 Å². The summed E-state index contributed by atoms with van der Waals surface area (Å²) in [5.74, 6) is -0.215. The number of hydrogen-bond donors (Lipinski definition) is 1. The number of benzene rings is 1. The molecule has 1 aromatic heterocycles. The minimum Gasteiger partial charge on any atom is -0.356 e. The fourth-order valence-corrected chi connectivity index (χ4v) is 3.32. The first-order valence-electron chi connectivity index (χ1n) is 9.07. The van der Waals surface area contributed by atoms with Gasteiger partial charge in [0.2, 0.25) is 11.8 Å². The van der Waals surface area contributed by atoms with Crippen LogP contribution >= 0.6 is 0 Å². The van der Waals surface area contributed by atoms with Crippen LogP contribution in [-0.4, -0.2) is 28.1 Å². The first-order valence-corrected chi connectivity index (χ1v) is 9.07. The molecular weight excluding hydrogens is 314 g/mol. The first kappa shape index (κ1) is 17.4. The number of hydrogen-bond acceptors (Lipinski definition) is 3. The second-order valence-electron chi connectivity index (χ2n) is 6.62. The predicted octanol–water partition coefficient (Wildman–Crippen LogP) is 3.77. The highest BCUT2D eigenvalue weighted by atomic mass is 16.2. The van der Waals surface area contributed by atoms with Crippen LogP contribution in [0, 0.1) is 6.92 Å². The maximum absolute atomic E-state index is 12.4. The minimum absolute atomic E-state index is 0.0713. The van der Waals surface area contributed by atoms with Crippen molar-refractivity contribution in [3.8, 4) is 0 Å².